The maximum Gasteiger partial charge on any atom is 0.326 e. The van der Waals surface area contributed by atoms with Crippen LogP contribution in [0.5, 0.6) is 5.75 Å². The fourth-order valence-corrected chi connectivity index (χ4v) is 5.52. The average molecular weight is 550 g/mol. The summed E-state index contributed by atoms with van der Waals surface area (Å²) in [6.07, 6.45) is 5.53. The molecule has 0 atom stereocenters. The van der Waals surface area contributed by atoms with Crippen molar-refractivity contribution >= 4 is 17.6 Å². The predicted octanol–water partition coefficient (Wildman–Crippen LogP) is 5.16. The zero-order valence-electron chi connectivity index (χ0n) is 23.3. The molecule has 6 rings (SSSR count). The number of anilines is 1. The molecule has 0 spiro atoms. The van der Waals surface area contributed by atoms with Crippen molar-refractivity contribution in [3.05, 3.63) is 103 Å². The second kappa shape index (κ2) is 11.9. The van der Waals surface area contributed by atoms with Crippen molar-refractivity contribution in [2.75, 3.05) is 38.1 Å². The molecule has 4 aromatic rings. The molecule has 8 nitrogen and oxygen atoms in total. The van der Waals surface area contributed by atoms with Gasteiger partial charge in [0, 0.05) is 44.1 Å². The third-order valence-corrected chi connectivity index (χ3v) is 8.15. The van der Waals surface area contributed by atoms with Crippen LogP contribution >= 0.6 is 0 Å². The van der Waals surface area contributed by atoms with Gasteiger partial charge in [0.2, 0.25) is 5.91 Å². The molecule has 0 bridgehead atoms. The Kier molecular flexibility index (Phi) is 7.71. The lowest BCUT2D eigenvalue weighted by Crippen LogP contribution is -2.48. The lowest BCUT2D eigenvalue weighted by Gasteiger charge is -2.35. The smallest absolute Gasteiger partial charge is 0.326 e. The highest BCUT2D eigenvalue weighted by Crippen LogP contribution is 2.41. The van der Waals surface area contributed by atoms with Gasteiger partial charge in [-0.1, -0.05) is 42.5 Å². The fourth-order valence-electron chi connectivity index (χ4n) is 5.52. The van der Waals surface area contributed by atoms with Crippen LogP contribution in [0, 0.1) is 5.92 Å². The summed E-state index contributed by atoms with van der Waals surface area (Å²) in [6, 6.07) is 26.3. The van der Waals surface area contributed by atoms with Gasteiger partial charge in [-0.15, -0.1) is 0 Å². The van der Waals surface area contributed by atoms with Gasteiger partial charge in [0.25, 0.3) is 0 Å². The summed E-state index contributed by atoms with van der Waals surface area (Å²) in [5.74, 6) is 2.00. The summed E-state index contributed by atoms with van der Waals surface area (Å²) in [4.78, 5) is 33.1. The van der Waals surface area contributed by atoms with Crippen LogP contribution < -0.4 is 15.0 Å². The number of aromatic nitrogens is 2. The molecule has 1 saturated carbocycles. The molecule has 0 radical (unpaired) electrons. The minimum absolute atomic E-state index is 0.134. The number of piperazine rings is 1. The van der Waals surface area contributed by atoms with Crippen molar-refractivity contribution in [3.8, 4) is 17.0 Å². The van der Waals surface area contributed by atoms with E-state index in [0.717, 1.165) is 54.2 Å². The van der Waals surface area contributed by atoms with Gasteiger partial charge in [0.15, 0.2) is 0 Å². The summed E-state index contributed by atoms with van der Waals surface area (Å²) in [5.41, 5.74) is 5.11. The number of carbonyl (C=O) groups is 2. The van der Waals surface area contributed by atoms with Crippen LogP contribution in [-0.2, 0) is 11.4 Å². The SMILES string of the molecule is CN1CCN(c2cccc(COc3ccc(-c4cn(C(=O)NCC5CC(c6ccccc6)C5)cn4)cc3)c2)CC1=O. The first kappa shape index (κ1) is 26.6. The van der Waals surface area contributed by atoms with Gasteiger partial charge < -0.3 is 19.9 Å². The fraction of sp³-hybridized carbons (Fsp3) is 0.303. The molecule has 1 saturated heterocycles. The lowest BCUT2D eigenvalue weighted by atomic mass is 9.71. The number of nitrogens with one attached hydrogen (secondary N) is 1. The van der Waals surface area contributed by atoms with E-state index in [2.05, 4.69) is 45.5 Å². The number of imidazole rings is 1. The maximum atomic E-state index is 12.7. The number of nitrogens with zero attached hydrogens (tertiary/aromatic N) is 4. The normalized spacial score (nSPS) is 18.6. The minimum atomic E-state index is -0.157. The number of benzene rings is 3. The molecule has 1 N–H and O–H groups in total. The van der Waals surface area contributed by atoms with E-state index in [4.69, 9.17) is 4.74 Å². The van der Waals surface area contributed by atoms with Crippen molar-refractivity contribution in [1.82, 2.24) is 19.8 Å². The first-order valence-electron chi connectivity index (χ1n) is 14.2. The van der Waals surface area contributed by atoms with Gasteiger partial charge in [-0.05, 0) is 72.2 Å². The van der Waals surface area contributed by atoms with Crippen molar-refractivity contribution < 1.29 is 14.3 Å². The number of carbonyl (C=O) groups excluding carboxylic acids is 2. The van der Waals surface area contributed by atoms with E-state index in [1.807, 2.05) is 55.6 Å². The molecule has 210 valence electrons. The van der Waals surface area contributed by atoms with Crippen LogP contribution in [0.15, 0.2) is 91.4 Å². The van der Waals surface area contributed by atoms with Crippen LogP contribution in [0.1, 0.15) is 29.9 Å². The largest absolute Gasteiger partial charge is 0.489 e. The molecule has 3 aromatic carbocycles. The second-order valence-electron chi connectivity index (χ2n) is 11.0. The van der Waals surface area contributed by atoms with Gasteiger partial charge in [-0.2, -0.15) is 0 Å². The summed E-state index contributed by atoms with van der Waals surface area (Å²) >= 11 is 0. The summed E-state index contributed by atoms with van der Waals surface area (Å²) < 4.78 is 7.54. The first-order chi connectivity index (χ1) is 20.0. The predicted molar refractivity (Wildman–Crippen MR) is 159 cm³/mol. The summed E-state index contributed by atoms with van der Waals surface area (Å²) in [5, 5.41) is 3.05. The Morgan fingerprint density at radius 2 is 1.80 bits per heavy atom. The number of amides is 2. The lowest BCUT2D eigenvalue weighted by molar-refractivity contribution is -0.129. The molecule has 2 amide bonds. The molecular formula is C33H35N5O3. The summed E-state index contributed by atoms with van der Waals surface area (Å²) in [6.45, 7) is 3.05. The number of hydrogen-bond donors (Lipinski definition) is 1. The van der Waals surface area contributed by atoms with Gasteiger partial charge in [-0.3, -0.25) is 9.36 Å². The molecule has 8 heteroatoms. The highest BCUT2D eigenvalue weighted by Gasteiger charge is 2.30. The van der Waals surface area contributed by atoms with Crippen LogP contribution in [0.2, 0.25) is 0 Å². The van der Waals surface area contributed by atoms with Gasteiger partial charge in [-0.25, -0.2) is 9.78 Å². The minimum Gasteiger partial charge on any atom is -0.489 e. The van der Waals surface area contributed by atoms with E-state index < -0.39 is 0 Å². The zero-order chi connectivity index (χ0) is 28.2. The number of hydrogen-bond acceptors (Lipinski definition) is 5. The topological polar surface area (TPSA) is 79.7 Å². The van der Waals surface area contributed by atoms with Crippen LogP contribution in [0.25, 0.3) is 11.3 Å². The van der Waals surface area contributed by atoms with Gasteiger partial charge >= 0.3 is 6.03 Å². The van der Waals surface area contributed by atoms with E-state index in [1.165, 1.54) is 10.1 Å². The van der Waals surface area contributed by atoms with E-state index in [9.17, 15) is 9.59 Å². The quantitative estimate of drug-likeness (QED) is 0.329. The first-order valence-corrected chi connectivity index (χ1v) is 14.2. The highest BCUT2D eigenvalue weighted by atomic mass is 16.5. The Balaban J connectivity index is 0.980. The number of rotatable bonds is 8. The maximum absolute atomic E-state index is 12.7. The van der Waals surface area contributed by atoms with E-state index in [0.29, 0.717) is 31.5 Å². The molecule has 2 aliphatic rings. The Labute approximate surface area is 240 Å². The zero-order valence-corrected chi connectivity index (χ0v) is 23.3. The van der Waals surface area contributed by atoms with Crippen LogP contribution in [0.3, 0.4) is 0 Å². The molecule has 1 aromatic heterocycles. The molecule has 1 aliphatic carbocycles. The van der Waals surface area contributed by atoms with Crippen LogP contribution in [-0.4, -0.2) is 59.6 Å². The molecule has 1 aliphatic heterocycles. The van der Waals surface area contributed by atoms with Crippen molar-refractivity contribution in [2.24, 2.45) is 5.92 Å². The highest BCUT2D eigenvalue weighted by molar-refractivity contribution is 5.82. The van der Waals surface area contributed by atoms with Crippen LogP contribution in [0.4, 0.5) is 10.5 Å². The third kappa shape index (κ3) is 6.27. The van der Waals surface area contributed by atoms with E-state index in [1.54, 1.807) is 17.4 Å². The molecule has 2 heterocycles. The molecule has 41 heavy (non-hydrogen) atoms. The molecule has 0 unspecified atom stereocenters. The number of ether oxygens (including phenoxy) is 1. The Morgan fingerprint density at radius 3 is 2.59 bits per heavy atom. The number of likely N-dealkylation sites (N-methyl/N-ethyl adjacent to an activating group) is 1. The average Bonchev–Trinajstić information content (AvgIpc) is 3.48. The third-order valence-electron chi connectivity index (χ3n) is 8.15. The van der Waals surface area contributed by atoms with E-state index >= 15 is 0 Å². The standard InChI is InChI=1S/C33H35N5O3/c1-36-14-15-37(21-32(36)39)29-9-5-6-24(18-29)22-41-30-12-10-27(11-13-30)31-20-38(23-35-31)33(40)34-19-25-16-28(17-25)26-7-3-2-4-8-26/h2-13,18,20,23,25,28H,14-17,19,21-22H2,1H3,(H,34,40). The van der Waals surface area contributed by atoms with Crippen molar-refractivity contribution in [2.45, 2.75) is 25.4 Å². The van der Waals surface area contributed by atoms with Crippen molar-refractivity contribution in [1.29, 1.82) is 0 Å². The second-order valence-corrected chi connectivity index (χ2v) is 11.0. The monoisotopic (exact) mass is 549 g/mol. The Hall–Kier alpha value is -4.59. The summed E-state index contributed by atoms with van der Waals surface area (Å²) in [7, 11) is 1.84. The molecule has 2 fully saturated rings. The Bertz CT molecular complexity index is 1490. The molecular weight excluding hydrogens is 514 g/mol. The Morgan fingerprint density at radius 1 is 1.00 bits per heavy atom. The van der Waals surface area contributed by atoms with Gasteiger partial charge in [0.05, 0.1) is 12.2 Å². The van der Waals surface area contributed by atoms with Gasteiger partial charge in [0.1, 0.15) is 18.7 Å². The van der Waals surface area contributed by atoms with E-state index in [-0.39, 0.29) is 11.9 Å². The van der Waals surface area contributed by atoms with Crippen molar-refractivity contribution in [3.63, 3.8) is 0 Å².